The van der Waals surface area contributed by atoms with Crippen LogP contribution in [-0.4, -0.2) is 39.7 Å². The second-order valence-corrected chi connectivity index (χ2v) is 13.5. The Morgan fingerprint density at radius 3 is 2.19 bits per heavy atom. The van der Waals surface area contributed by atoms with Gasteiger partial charge >= 0.3 is 5.97 Å². The fourth-order valence-electron chi connectivity index (χ4n) is 3.47. The molecule has 0 aromatic heterocycles. The molecule has 0 aromatic rings. The first kappa shape index (κ1) is 23.6. The van der Waals surface area contributed by atoms with Crippen molar-refractivity contribution in [3.8, 4) is 0 Å². The minimum atomic E-state index is -1.49. The number of unbranched alkanes of at least 4 members (excludes halogenated alkanes) is 2. The van der Waals surface area contributed by atoms with Crippen LogP contribution in [0.2, 0.25) is 18.1 Å². The third-order valence-electron chi connectivity index (χ3n) is 5.72. The van der Waals surface area contributed by atoms with E-state index in [0.717, 1.165) is 45.1 Å². The molecule has 1 saturated heterocycles. The van der Waals surface area contributed by atoms with Crippen molar-refractivity contribution in [1.82, 2.24) is 0 Å². The normalized spacial score (nSPS) is 21.2. The summed E-state index contributed by atoms with van der Waals surface area (Å²) in [7, 11) is -1.49. The number of hydrogen-bond acceptors (Lipinski definition) is 4. The quantitative estimate of drug-likeness (QED) is 0.245. The molecule has 1 rings (SSSR count). The molecule has 0 amide bonds. The van der Waals surface area contributed by atoms with E-state index in [4.69, 9.17) is 13.9 Å². The van der Waals surface area contributed by atoms with E-state index in [9.17, 15) is 4.79 Å². The summed E-state index contributed by atoms with van der Waals surface area (Å²) < 4.78 is 17.9. The molecule has 1 aliphatic rings. The summed E-state index contributed by atoms with van der Waals surface area (Å²) >= 11 is 0. The fourth-order valence-corrected chi connectivity index (χ4v) is 6.12. The third kappa shape index (κ3) is 8.09. The number of carbonyl (C=O) groups is 1. The predicted octanol–water partition coefficient (Wildman–Crippen LogP) is 5.71. The summed E-state index contributed by atoms with van der Waals surface area (Å²) in [5, 5.41) is 0. The third-order valence-corrected chi connectivity index (χ3v) is 10.4. The van der Waals surface area contributed by atoms with Gasteiger partial charge in [-0.15, -0.1) is 0 Å². The number of esters is 1. The van der Waals surface area contributed by atoms with E-state index in [-0.39, 0.29) is 5.97 Å². The van der Waals surface area contributed by atoms with Crippen LogP contribution in [0.3, 0.4) is 0 Å². The first-order valence-corrected chi connectivity index (χ1v) is 13.3. The summed E-state index contributed by atoms with van der Waals surface area (Å²) in [6, 6.07) is 3.61. The highest BCUT2D eigenvalue weighted by atomic mass is 28.4. The van der Waals surface area contributed by atoms with Crippen molar-refractivity contribution in [2.45, 2.75) is 110 Å². The number of carbonyl (C=O) groups excluding carboxylic acids is 1. The molecule has 154 valence electrons. The van der Waals surface area contributed by atoms with Crippen molar-refractivity contribution in [2.24, 2.45) is 5.41 Å². The molecule has 0 N–H and O–H groups in total. The van der Waals surface area contributed by atoms with E-state index in [0.29, 0.717) is 18.8 Å². The standard InChI is InChI=1S/C21H42O4Si/c1-7-26(8-2,9-3)24-17-19-15-14-18(25-19)13-11-10-12-16-23-20(22)21(4,5)6/h18-19H,7-17H2,1-6H3/t18-,19+/m1/s1. The zero-order valence-corrected chi connectivity index (χ0v) is 19.1. The number of rotatable bonds is 12. The zero-order chi connectivity index (χ0) is 19.6. The van der Waals surface area contributed by atoms with Crippen molar-refractivity contribution in [1.29, 1.82) is 0 Å². The Kier molecular flexibility index (Phi) is 10.4. The number of hydrogen-bond donors (Lipinski definition) is 0. The summed E-state index contributed by atoms with van der Waals surface area (Å²) in [6.07, 6.45) is 7.27. The number of ether oxygens (including phenoxy) is 2. The lowest BCUT2D eigenvalue weighted by Crippen LogP contribution is -2.38. The smallest absolute Gasteiger partial charge is 0.311 e. The Hall–Kier alpha value is -0.393. The lowest BCUT2D eigenvalue weighted by Gasteiger charge is -2.29. The van der Waals surface area contributed by atoms with Crippen LogP contribution in [0.1, 0.15) is 80.1 Å². The maximum atomic E-state index is 11.7. The molecule has 1 fully saturated rings. The van der Waals surface area contributed by atoms with Crippen LogP contribution < -0.4 is 0 Å². The first-order valence-electron chi connectivity index (χ1n) is 10.7. The lowest BCUT2D eigenvalue weighted by atomic mass is 9.97. The highest BCUT2D eigenvalue weighted by Crippen LogP contribution is 2.27. The molecule has 4 nitrogen and oxygen atoms in total. The van der Waals surface area contributed by atoms with E-state index in [2.05, 4.69) is 20.8 Å². The monoisotopic (exact) mass is 386 g/mol. The predicted molar refractivity (Wildman–Crippen MR) is 110 cm³/mol. The van der Waals surface area contributed by atoms with Crippen molar-refractivity contribution in [3.63, 3.8) is 0 Å². The van der Waals surface area contributed by atoms with Crippen LogP contribution in [0, 0.1) is 5.41 Å². The Morgan fingerprint density at radius 1 is 1.00 bits per heavy atom. The van der Waals surface area contributed by atoms with E-state index >= 15 is 0 Å². The van der Waals surface area contributed by atoms with Gasteiger partial charge in [-0.3, -0.25) is 4.79 Å². The van der Waals surface area contributed by atoms with Gasteiger partial charge in [0.25, 0.3) is 0 Å². The van der Waals surface area contributed by atoms with Gasteiger partial charge in [-0.25, -0.2) is 0 Å². The van der Waals surface area contributed by atoms with Crippen LogP contribution >= 0.6 is 0 Å². The van der Waals surface area contributed by atoms with E-state index in [1.165, 1.54) is 18.1 Å². The topological polar surface area (TPSA) is 44.8 Å². The van der Waals surface area contributed by atoms with Crippen LogP contribution in [0.15, 0.2) is 0 Å². The van der Waals surface area contributed by atoms with Gasteiger partial charge in [-0.05, 0) is 71.0 Å². The molecule has 0 unspecified atom stereocenters. The summed E-state index contributed by atoms with van der Waals surface area (Å²) in [5.74, 6) is -0.106. The van der Waals surface area contributed by atoms with Crippen molar-refractivity contribution in [3.05, 3.63) is 0 Å². The fraction of sp³-hybridized carbons (Fsp3) is 0.952. The molecule has 0 bridgehead atoms. The average Bonchev–Trinajstić information content (AvgIpc) is 3.06. The minimum Gasteiger partial charge on any atom is -0.465 e. The second kappa shape index (κ2) is 11.5. The van der Waals surface area contributed by atoms with Crippen LogP contribution in [-0.2, 0) is 18.7 Å². The van der Waals surface area contributed by atoms with Crippen LogP contribution in [0.5, 0.6) is 0 Å². The molecule has 0 aromatic carbocycles. The molecule has 0 aliphatic carbocycles. The van der Waals surface area contributed by atoms with Crippen molar-refractivity contribution >= 4 is 14.3 Å². The van der Waals surface area contributed by atoms with E-state index in [1.54, 1.807) is 0 Å². The minimum absolute atomic E-state index is 0.106. The van der Waals surface area contributed by atoms with E-state index in [1.807, 2.05) is 20.8 Å². The molecule has 2 atom stereocenters. The molecule has 0 spiro atoms. The molecular weight excluding hydrogens is 344 g/mol. The van der Waals surface area contributed by atoms with Crippen molar-refractivity contribution < 1.29 is 18.7 Å². The lowest BCUT2D eigenvalue weighted by molar-refractivity contribution is -0.153. The van der Waals surface area contributed by atoms with Gasteiger partial charge in [0.1, 0.15) is 0 Å². The van der Waals surface area contributed by atoms with Gasteiger partial charge in [0.05, 0.1) is 30.8 Å². The highest BCUT2D eigenvalue weighted by molar-refractivity contribution is 6.73. The second-order valence-electron chi connectivity index (χ2n) is 8.75. The molecular formula is C21H42O4Si. The first-order chi connectivity index (χ1) is 12.3. The van der Waals surface area contributed by atoms with Crippen LogP contribution in [0.25, 0.3) is 0 Å². The van der Waals surface area contributed by atoms with Gasteiger partial charge in [-0.1, -0.05) is 27.2 Å². The van der Waals surface area contributed by atoms with Gasteiger partial charge in [0.15, 0.2) is 8.32 Å². The summed E-state index contributed by atoms with van der Waals surface area (Å²) in [4.78, 5) is 11.7. The molecule has 0 saturated carbocycles. The zero-order valence-electron chi connectivity index (χ0n) is 18.1. The Balaban J connectivity index is 2.11. The SMILES string of the molecule is CC[Si](CC)(CC)OC[C@@H]1CC[C@@H](CCCCCOC(=O)C(C)(C)C)O1. The van der Waals surface area contributed by atoms with Gasteiger partial charge in [0.2, 0.25) is 0 Å². The molecule has 1 aliphatic heterocycles. The van der Waals surface area contributed by atoms with E-state index < -0.39 is 13.7 Å². The largest absolute Gasteiger partial charge is 0.465 e. The summed E-state index contributed by atoms with van der Waals surface area (Å²) in [6.45, 7) is 13.8. The molecule has 5 heteroatoms. The van der Waals surface area contributed by atoms with Gasteiger partial charge in [0, 0.05) is 0 Å². The maximum absolute atomic E-state index is 11.7. The van der Waals surface area contributed by atoms with Gasteiger partial charge in [-0.2, -0.15) is 0 Å². The Morgan fingerprint density at radius 2 is 1.62 bits per heavy atom. The van der Waals surface area contributed by atoms with Crippen LogP contribution in [0.4, 0.5) is 0 Å². The summed E-state index contributed by atoms with van der Waals surface area (Å²) in [5.41, 5.74) is -0.400. The maximum Gasteiger partial charge on any atom is 0.311 e. The Bertz CT molecular complexity index is 393. The Labute approximate surface area is 162 Å². The average molecular weight is 387 g/mol. The molecule has 26 heavy (non-hydrogen) atoms. The van der Waals surface area contributed by atoms with Crippen molar-refractivity contribution in [2.75, 3.05) is 13.2 Å². The molecule has 0 radical (unpaired) electrons. The molecule has 1 heterocycles. The highest BCUT2D eigenvalue weighted by Gasteiger charge is 2.32. The van der Waals surface area contributed by atoms with Gasteiger partial charge < -0.3 is 13.9 Å².